The number of aromatic nitrogens is 3. The summed E-state index contributed by atoms with van der Waals surface area (Å²) in [4.78, 5) is 11.5. The van der Waals surface area contributed by atoms with Crippen LogP contribution in [-0.2, 0) is 15.7 Å². The predicted molar refractivity (Wildman–Crippen MR) is 105 cm³/mol. The third-order valence-corrected chi connectivity index (χ3v) is 5.57. The Kier molecular flexibility index (Phi) is 5.26. The third kappa shape index (κ3) is 3.79. The number of benzene rings is 2. The van der Waals surface area contributed by atoms with E-state index in [0.29, 0.717) is 16.1 Å². The molecule has 0 aliphatic carbocycles. The van der Waals surface area contributed by atoms with Gasteiger partial charge in [0.05, 0.1) is 12.1 Å². The van der Waals surface area contributed by atoms with E-state index in [1.54, 1.807) is 6.07 Å². The lowest BCUT2D eigenvalue weighted by Crippen LogP contribution is -2.17. The molecular weight excluding hydrogens is 435 g/mol. The van der Waals surface area contributed by atoms with Crippen LogP contribution in [0.15, 0.2) is 36.4 Å². The molecule has 0 amide bonds. The second-order valence-electron chi connectivity index (χ2n) is 7.31. The molecule has 2 heterocycles. The van der Waals surface area contributed by atoms with Gasteiger partial charge in [-0.25, -0.2) is 0 Å². The molecule has 1 aliphatic rings. The van der Waals surface area contributed by atoms with Gasteiger partial charge in [-0.05, 0) is 48.7 Å². The Balaban J connectivity index is 2.04. The molecule has 0 fully saturated rings. The van der Waals surface area contributed by atoms with Gasteiger partial charge >= 0.3 is 12.1 Å². The summed E-state index contributed by atoms with van der Waals surface area (Å²) in [5.41, 5.74) is 3.03. The van der Waals surface area contributed by atoms with E-state index in [1.165, 1.54) is 18.2 Å². The highest BCUT2D eigenvalue weighted by Gasteiger charge is 2.43. The van der Waals surface area contributed by atoms with Crippen LogP contribution in [-0.4, -0.2) is 25.8 Å². The number of aryl methyl sites for hydroxylation is 1. The number of halogens is 4. The first-order valence-electron chi connectivity index (χ1n) is 9.33. The number of carboxylic acids is 1. The Hall–Kier alpha value is -2.91. The minimum Gasteiger partial charge on any atom is -0.481 e. The quantitative estimate of drug-likeness (QED) is 0.593. The number of hydrogen-bond acceptors (Lipinski definition) is 4. The first kappa shape index (κ1) is 21.3. The Morgan fingerprint density at radius 3 is 2.61 bits per heavy atom. The lowest BCUT2D eigenvalue weighted by molar-refractivity contribution is -0.146. The van der Waals surface area contributed by atoms with Crippen molar-refractivity contribution < 1.29 is 27.8 Å². The SMILES string of the molecule is Cc1cccc([C@@H]2O[C@@H](CC(=O)O)c3nnc(C(F)(F)F)n3-c3ccc(Cl)cc32)c1C. The molecule has 0 saturated carbocycles. The van der Waals surface area contributed by atoms with Crippen LogP contribution in [0.1, 0.15) is 52.5 Å². The van der Waals surface area contributed by atoms with Crippen LogP contribution in [0.2, 0.25) is 5.02 Å². The molecular formula is C21H17ClF3N3O3. The summed E-state index contributed by atoms with van der Waals surface area (Å²) in [6.07, 6.45) is -7.52. The molecule has 0 unspecified atom stereocenters. The van der Waals surface area contributed by atoms with Gasteiger partial charge in [0, 0.05) is 10.6 Å². The lowest BCUT2D eigenvalue weighted by atomic mass is 9.93. The number of carboxylic acid groups (broad SMARTS) is 1. The van der Waals surface area contributed by atoms with Crippen LogP contribution in [0, 0.1) is 13.8 Å². The first-order valence-corrected chi connectivity index (χ1v) is 9.71. The minimum absolute atomic E-state index is 0.135. The first-order chi connectivity index (χ1) is 14.6. The number of nitrogens with zero attached hydrogens (tertiary/aromatic N) is 3. The zero-order chi connectivity index (χ0) is 22.5. The van der Waals surface area contributed by atoms with E-state index in [0.717, 1.165) is 15.7 Å². The third-order valence-electron chi connectivity index (χ3n) is 5.33. The highest BCUT2D eigenvalue weighted by atomic mass is 35.5. The van der Waals surface area contributed by atoms with E-state index in [9.17, 15) is 23.1 Å². The summed E-state index contributed by atoms with van der Waals surface area (Å²) in [5.74, 6) is -2.73. The van der Waals surface area contributed by atoms with Gasteiger partial charge in [-0.2, -0.15) is 13.2 Å². The van der Waals surface area contributed by atoms with Gasteiger partial charge in [0.1, 0.15) is 12.2 Å². The number of carbonyl (C=O) groups is 1. The average Bonchev–Trinajstić information content (AvgIpc) is 3.08. The van der Waals surface area contributed by atoms with Crippen molar-refractivity contribution in [2.24, 2.45) is 0 Å². The molecule has 1 aromatic heterocycles. The molecule has 2 aromatic carbocycles. The zero-order valence-corrected chi connectivity index (χ0v) is 17.2. The maximum absolute atomic E-state index is 13.7. The normalized spacial score (nSPS) is 18.3. The predicted octanol–water partition coefficient (Wildman–Crippen LogP) is 5.19. The van der Waals surface area contributed by atoms with Crippen LogP contribution in [0.5, 0.6) is 0 Å². The molecule has 2 atom stereocenters. The molecule has 1 aliphatic heterocycles. The number of alkyl halides is 3. The Morgan fingerprint density at radius 1 is 1.19 bits per heavy atom. The van der Waals surface area contributed by atoms with E-state index < -0.39 is 36.6 Å². The molecule has 4 rings (SSSR count). The molecule has 10 heteroatoms. The van der Waals surface area contributed by atoms with Crippen LogP contribution in [0.4, 0.5) is 13.2 Å². The van der Waals surface area contributed by atoms with Crippen molar-refractivity contribution in [2.45, 2.75) is 38.7 Å². The fourth-order valence-electron chi connectivity index (χ4n) is 3.76. The van der Waals surface area contributed by atoms with Crippen molar-refractivity contribution in [3.05, 3.63) is 75.3 Å². The summed E-state index contributed by atoms with van der Waals surface area (Å²) in [5, 5.41) is 16.7. The van der Waals surface area contributed by atoms with Crippen molar-refractivity contribution in [1.82, 2.24) is 14.8 Å². The van der Waals surface area contributed by atoms with E-state index in [1.807, 2.05) is 26.0 Å². The molecule has 3 aromatic rings. The maximum atomic E-state index is 13.7. The maximum Gasteiger partial charge on any atom is 0.452 e. The monoisotopic (exact) mass is 451 g/mol. The summed E-state index contributed by atoms with van der Waals surface area (Å²) in [7, 11) is 0. The van der Waals surface area contributed by atoms with Gasteiger partial charge in [-0.15, -0.1) is 10.2 Å². The fraction of sp³-hybridized carbons (Fsp3) is 0.286. The Labute approximate surface area is 180 Å². The lowest BCUT2D eigenvalue weighted by Gasteiger charge is -2.24. The molecule has 0 spiro atoms. The summed E-state index contributed by atoms with van der Waals surface area (Å²) in [6, 6.07) is 9.93. The van der Waals surface area contributed by atoms with Gasteiger partial charge in [0.15, 0.2) is 5.82 Å². The van der Waals surface area contributed by atoms with Crippen molar-refractivity contribution in [2.75, 3.05) is 0 Å². The van der Waals surface area contributed by atoms with E-state index in [-0.39, 0.29) is 11.5 Å². The van der Waals surface area contributed by atoms with Crippen molar-refractivity contribution in [3.8, 4) is 5.69 Å². The smallest absolute Gasteiger partial charge is 0.452 e. The summed E-state index contributed by atoms with van der Waals surface area (Å²) in [6.45, 7) is 3.77. The van der Waals surface area contributed by atoms with Gasteiger partial charge in [0.25, 0.3) is 0 Å². The average molecular weight is 452 g/mol. The van der Waals surface area contributed by atoms with E-state index in [2.05, 4.69) is 10.2 Å². The molecule has 31 heavy (non-hydrogen) atoms. The van der Waals surface area contributed by atoms with Crippen LogP contribution >= 0.6 is 11.6 Å². The minimum atomic E-state index is -4.81. The van der Waals surface area contributed by atoms with Crippen molar-refractivity contribution >= 4 is 17.6 Å². The number of ether oxygens (including phenoxy) is 1. The molecule has 1 N–H and O–H groups in total. The summed E-state index contributed by atoms with van der Waals surface area (Å²) >= 11 is 6.19. The number of fused-ring (bicyclic) bond motifs is 3. The summed E-state index contributed by atoms with van der Waals surface area (Å²) < 4.78 is 48.2. The van der Waals surface area contributed by atoms with Gasteiger partial charge in [-0.1, -0.05) is 29.8 Å². The van der Waals surface area contributed by atoms with E-state index >= 15 is 0 Å². The highest BCUT2D eigenvalue weighted by Crippen LogP contribution is 2.44. The Morgan fingerprint density at radius 2 is 1.94 bits per heavy atom. The second kappa shape index (κ2) is 7.65. The van der Waals surface area contributed by atoms with Gasteiger partial charge in [-0.3, -0.25) is 9.36 Å². The number of aliphatic carboxylic acids is 1. The molecule has 0 radical (unpaired) electrons. The number of rotatable bonds is 3. The van der Waals surface area contributed by atoms with Crippen molar-refractivity contribution in [1.29, 1.82) is 0 Å². The molecule has 0 bridgehead atoms. The topological polar surface area (TPSA) is 77.2 Å². The fourth-order valence-corrected chi connectivity index (χ4v) is 3.94. The zero-order valence-electron chi connectivity index (χ0n) is 16.4. The van der Waals surface area contributed by atoms with Crippen LogP contribution < -0.4 is 0 Å². The highest BCUT2D eigenvalue weighted by molar-refractivity contribution is 6.30. The molecule has 162 valence electrons. The van der Waals surface area contributed by atoms with Gasteiger partial charge in [0.2, 0.25) is 5.82 Å². The van der Waals surface area contributed by atoms with E-state index in [4.69, 9.17) is 16.3 Å². The second-order valence-corrected chi connectivity index (χ2v) is 7.75. The number of hydrogen-bond donors (Lipinski definition) is 1. The van der Waals surface area contributed by atoms with Crippen LogP contribution in [0.3, 0.4) is 0 Å². The molecule has 0 saturated heterocycles. The van der Waals surface area contributed by atoms with Crippen LogP contribution in [0.25, 0.3) is 5.69 Å². The van der Waals surface area contributed by atoms with Gasteiger partial charge < -0.3 is 9.84 Å². The standard InChI is InChI=1S/C21H17ClF3N3O3/c1-10-4-3-5-13(11(10)2)18-14-8-12(22)6-7-15(14)28-19(16(31-18)9-17(29)30)26-27-20(28)21(23,24)25/h3-8,16,18H,9H2,1-2H3,(H,29,30)/t16-,18-/m0/s1. The Bertz CT molecular complexity index is 1180. The molecule has 6 nitrogen and oxygen atoms in total. The largest absolute Gasteiger partial charge is 0.481 e. The van der Waals surface area contributed by atoms with Crippen molar-refractivity contribution in [3.63, 3.8) is 0 Å².